The van der Waals surface area contributed by atoms with Gasteiger partial charge in [0.2, 0.25) is 11.2 Å². The maximum Gasteiger partial charge on any atom is 0.238 e. The van der Waals surface area contributed by atoms with E-state index in [1.807, 2.05) is 0 Å². The van der Waals surface area contributed by atoms with Gasteiger partial charge in [-0.05, 0) is 50.2 Å². The highest BCUT2D eigenvalue weighted by Crippen LogP contribution is 2.56. The molecule has 0 bridgehead atoms. The Kier molecular flexibility index (Phi) is 4.22. The summed E-state index contributed by atoms with van der Waals surface area (Å²) >= 11 is 0. The first kappa shape index (κ1) is 20.5. The highest BCUT2D eigenvalue weighted by atomic mass is 16.5. The van der Waals surface area contributed by atoms with Gasteiger partial charge in [-0.1, -0.05) is 13.8 Å². The van der Waals surface area contributed by atoms with Gasteiger partial charge in [0.25, 0.3) is 0 Å². The zero-order chi connectivity index (χ0) is 23.0. The predicted molar refractivity (Wildman–Crippen MR) is 118 cm³/mol. The van der Waals surface area contributed by atoms with Gasteiger partial charge in [0, 0.05) is 29.2 Å². The summed E-state index contributed by atoms with van der Waals surface area (Å²) in [6, 6.07) is 5.27. The molecule has 2 atom stereocenters. The maximum absolute atomic E-state index is 12.8. The summed E-state index contributed by atoms with van der Waals surface area (Å²) in [6.07, 6.45) is 3.53. The Hall–Kier alpha value is -3.35. The molecule has 0 amide bonds. The summed E-state index contributed by atoms with van der Waals surface area (Å²) in [5, 5.41) is 41.0. The minimum Gasteiger partial charge on any atom is -0.508 e. The summed E-state index contributed by atoms with van der Waals surface area (Å²) < 4.78 is 12.2. The quantitative estimate of drug-likeness (QED) is 0.431. The molecule has 1 saturated carbocycles. The van der Waals surface area contributed by atoms with Crippen molar-refractivity contribution >= 4 is 11.0 Å². The fraction of sp³-hybridized carbons (Fsp3) is 0.400. The summed E-state index contributed by atoms with van der Waals surface area (Å²) in [5.41, 5.74) is -0.210. The van der Waals surface area contributed by atoms with Gasteiger partial charge in [0.05, 0.1) is 0 Å². The number of fused-ring (bicyclic) bond motifs is 3. The average Bonchev–Trinajstić information content (AvgIpc) is 2.70. The summed E-state index contributed by atoms with van der Waals surface area (Å²) in [7, 11) is 0. The Bertz CT molecular complexity index is 1320. The Balaban J connectivity index is 1.76. The van der Waals surface area contributed by atoms with Crippen LogP contribution < -0.4 is 10.2 Å². The zero-order valence-corrected chi connectivity index (χ0v) is 18.2. The van der Waals surface area contributed by atoms with E-state index in [0.717, 1.165) is 25.3 Å². The molecule has 7 heteroatoms. The first-order valence-electron chi connectivity index (χ1n) is 10.8. The van der Waals surface area contributed by atoms with Crippen LogP contribution in [0.2, 0.25) is 0 Å². The fourth-order valence-corrected chi connectivity index (χ4v) is 5.72. The number of phenols is 3. The molecule has 7 nitrogen and oxygen atoms in total. The maximum atomic E-state index is 12.8. The molecule has 3 aromatic rings. The number of rotatable bonds is 1. The molecule has 2 aromatic carbocycles. The third kappa shape index (κ3) is 2.83. The second-order valence-electron chi connectivity index (χ2n) is 9.90. The molecule has 1 aliphatic heterocycles. The normalized spacial score (nSPS) is 23.9. The summed E-state index contributed by atoms with van der Waals surface area (Å²) in [6.45, 7) is 6.50. The van der Waals surface area contributed by atoms with Crippen LogP contribution in [0.25, 0.3) is 22.3 Å². The largest absolute Gasteiger partial charge is 0.508 e. The van der Waals surface area contributed by atoms with Crippen molar-refractivity contribution in [2.45, 2.75) is 52.1 Å². The molecule has 0 saturated heterocycles. The number of hydrogen-bond acceptors (Lipinski definition) is 7. The topological polar surface area (TPSA) is 120 Å². The van der Waals surface area contributed by atoms with Gasteiger partial charge < -0.3 is 29.6 Å². The van der Waals surface area contributed by atoms with Crippen LogP contribution >= 0.6 is 0 Å². The van der Waals surface area contributed by atoms with E-state index in [2.05, 4.69) is 20.8 Å². The van der Waals surface area contributed by atoms with Crippen LogP contribution in [-0.4, -0.2) is 26.0 Å². The van der Waals surface area contributed by atoms with Gasteiger partial charge >= 0.3 is 0 Å². The SMILES string of the molecule is CC1(C)CCCC2(C)Oc3c(O)ccc(-c4oc5cc(O)cc(O)c5c(=O)c4O)c3CC12. The molecular weight excluding hydrogens is 412 g/mol. The molecule has 2 aliphatic rings. The minimum absolute atomic E-state index is 0.00271. The Morgan fingerprint density at radius 3 is 2.50 bits per heavy atom. The highest BCUT2D eigenvalue weighted by molar-refractivity contribution is 5.88. The van der Waals surface area contributed by atoms with Gasteiger partial charge in [-0.2, -0.15) is 0 Å². The van der Waals surface area contributed by atoms with Gasteiger partial charge in [-0.3, -0.25) is 4.79 Å². The van der Waals surface area contributed by atoms with E-state index in [1.165, 1.54) is 12.1 Å². The standard InChI is InChI=1S/C25H26O7/c1-24(2)7-4-8-25(3)18(24)11-14-13(5-6-15(27)22(14)32-25)23-21(30)20(29)19-16(28)9-12(26)10-17(19)31-23/h5-6,9-10,18,26-28,30H,4,7-8,11H2,1-3H3. The smallest absolute Gasteiger partial charge is 0.238 e. The first-order valence-corrected chi connectivity index (χ1v) is 10.8. The van der Waals surface area contributed by atoms with Crippen molar-refractivity contribution in [3.8, 4) is 40.1 Å². The van der Waals surface area contributed by atoms with Crippen LogP contribution in [0.5, 0.6) is 28.7 Å². The van der Waals surface area contributed by atoms with E-state index >= 15 is 0 Å². The minimum atomic E-state index is -0.805. The van der Waals surface area contributed by atoms with Gasteiger partial charge in [0.15, 0.2) is 17.3 Å². The second kappa shape index (κ2) is 6.58. The molecule has 4 N–H and O–H groups in total. The van der Waals surface area contributed by atoms with Crippen molar-refractivity contribution < 1.29 is 29.6 Å². The van der Waals surface area contributed by atoms with Crippen molar-refractivity contribution in [3.63, 3.8) is 0 Å². The van der Waals surface area contributed by atoms with Crippen LogP contribution in [0.4, 0.5) is 0 Å². The Labute approximate surface area is 184 Å². The van der Waals surface area contributed by atoms with Crippen LogP contribution in [0, 0.1) is 11.3 Å². The lowest BCUT2D eigenvalue weighted by Gasteiger charge is -2.53. The van der Waals surface area contributed by atoms with E-state index in [9.17, 15) is 25.2 Å². The van der Waals surface area contributed by atoms with Crippen molar-refractivity contribution in [2.75, 3.05) is 0 Å². The van der Waals surface area contributed by atoms with Crippen molar-refractivity contribution in [1.29, 1.82) is 0 Å². The van der Waals surface area contributed by atoms with Crippen LogP contribution in [0.3, 0.4) is 0 Å². The average molecular weight is 438 g/mol. The molecule has 0 spiro atoms. The van der Waals surface area contributed by atoms with E-state index in [-0.39, 0.29) is 39.6 Å². The van der Waals surface area contributed by atoms with Gasteiger partial charge in [0.1, 0.15) is 28.1 Å². The van der Waals surface area contributed by atoms with Gasteiger partial charge in [-0.15, -0.1) is 0 Å². The molecule has 1 fully saturated rings. The molecular formula is C25H26O7. The molecule has 1 aliphatic carbocycles. The lowest BCUT2D eigenvalue weighted by atomic mass is 9.59. The number of phenolic OH excluding ortho intramolecular Hbond substituents is 3. The number of ether oxygens (including phenoxy) is 1. The monoisotopic (exact) mass is 438 g/mol. The molecule has 2 heterocycles. The molecule has 168 valence electrons. The van der Waals surface area contributed by atoms with E-state index in [4.69, 9.17) is 9.15 Å². The number of aromatic hydroxyl groups is 4. The molecule has 32 heavy (non-hydrogen) atoms. The Morgan fingerprint density at radius 1 is 1.00 bits per heavy atom. The lowest BCUT2D eigenvalue weighted by Crippen LogP contribution is -2.54. The number of hydrogen-bond donors (Lipinski definition) is 4. The van der Waals surface area contributed by atoms with E-state index in [0.29, 0.717) is 23.3 Å². The zero-order valence-electron chi connectivity index (χ0n) is 18.2. The fourth-order valence-electron chi connectivity index (χ4n) is 5.72. The van der Waals surface area contributed by atoms with E-state index in [1.54, 1.807) is 6.07 Å². The van der Waals surface area contributed by atoms with Crippen LogP contribution in [0.1, 0.15) is 45.6 Å². The Morgan fingerprint density at radius 2 is 1.75 bits per heavy atom. The third-order valence-corrected chi connectivity index (χ3v) is 7.34. The van der Waals surface area contributed by atoms with Crippen molar-refractivity contribution in [1.82, 2.24) is 0 Å². The number of benzene rings is 2. The highest BCUT2D eigenvalue weighted by Gasteiger charge is 2.51. The second-order valence-corrected chi connectivity index (χ2v) is 9.90. The molecule has 1 aromatic heterocycles. The third-order valence-electron chi connectivity index (χ3n) is 7.34. The summed E-state index contributed by atoms with van der Waals surface area (Å²) in [4.78, 5) is 12.8. The van der Waals surface area contributed by atoms with Crippen LogP contribution in [-0.2, 0) is 6.42 Å². The van der Waals surface area contributed by atoms with E-state index < -0.39 is 22.5 Å². The summed E-state index contributed by atoms with van der Waals surface area (Å²) in [5.74, 6) is -1.02. The van der Waals surface area contributed by atoms with Crippen molar-refractivity contribution in [2.24, 2.45) is 11.3 Å². The first-order chi connectivity index (χ1) is 15.0. The molecule has 5 rings (SSSR count). The van der Waals surface area contributed by atoms with Crippen molar-refractivity contribution in [3.05, 3.63) is 40.1 Å². The lowest BCUT2D eigenvalue weighted by molar-refractivity contribution is -0.0826. The molecule has 0 radical (unpaired) electrons. The van der Waals surface area contributed by atoms with Crippen LogP contribution in [0.15, 0.2) is 33.5 Å². The van der Waals surface area contributed by atoms with Gasteiger partial charge in [-0.25, -0.2) is 0 Å². The molecule has 2 unspecified atom stereocenters. The predicted octanol–water partition coefficient (Wildman–Crippen LogP) is 4.80.